The van der Waals surface area contributed by atoms with Crippen molar-refractivity contribution < 1.29 is 29.0 Å². The number of esters is 1. The van der Waals surface area contributed by atoms with E-state index < -0.39 is 23.7 Å². The number of hydrogen-bond donors (Lipinski definition) is 1. The third kappa shape index (κ3) is 3.84. The summed E-state index contributed by atoms with van der Waals surface area (Å²) in [4.78, 5) is 36.2. The molecule has 0 radical (unpaired) electrons. The molecule has 2 rings (SSSR count). The van der Waals surface area contributed by atoms with E-state index in [-0.39, 0.29) is 10.7 Å². The number of hydrogen-bond acceptors (Lipinski definition) is 7. The Bertz CT molecular complexity index is 685. The number of ether oxygens (including phenoxy) is 2. The highest BCUT2D eigenvalue weighted by atomic mass is 32.2. The number of benzene rings is 1. The molecule has 0 aromatic heterocycles. The Morgan fingerprint density at radius 1 is 1.39 bits per heavy atom. The largest absolute Gasteiger partial charge is 0.507 e. The Labute approximate surface area is 136 Å². The van der Waals surface area contributed by atoms with Crippen LogP contribution in [0, 0.1) is 0 Å². The Morgan fingerprint density at radius 3 is 2.78 bits per heavy atom. The fourth-order valence-corrected chi connectivity index (χ4v) is 2.71. The number of methoxy groups -OCH3 is 1. The van der Waals surface area contributed by atoms with Gasteiger partial charge in [-0.15, -0.1) is 0 Å². The van der Waals surface area contributed by atoms with Crippen LogP contribution in [-0.2, 0) is 14.3 Å². The van der Waals surface area contributed by atoms with Crippen molar-refractivity contribution in [3.63, 3.8) is 0 Å². The lowest BCUT2D eigenvalue weighted by Gasteiger charge is -2.10. The highest BCUT2D eigenvalue weighted by molar-refractivity contribution is 8.18. The lowest BCUT2D eigenvalue weighted by Crippen LogP contribution is -2.34. The molecular weight excluding hydrogens is 322 g/mol. The summed E-state index contributed by atoms with van der Waals surface area (Å²) in [5.41, 5.74) is 0.347. The number of carbonyl (C=O) groups is 3. The molecule has 0 spiro atoms. The van der Waals surface area contributed by atoms with E-state index in [0.29, 0.717) is 29.7 Å². The van der Waals surface area contributed by atoms with Crippen LogP contribution in [0.25, 0.3) is 6.08 Å². The van der Waals surface area contributed by atoms with Crippen LogP contribution in [0.3, 0.4) is 0 Å². The molecule has 1 aliphatic heterocycles. The molecule has 0 atom stereocenters. The average Bonchev–Trinajstić information content (AvgIpc) is 2.78. The highest BCUT2D eigenvalue weighted by Crippen LogP contribution is 2.34. The van der Waals surface area contributed by atoms with Gasteiger partial charge in [0.15, 0.2) is 0 Å². The first-order chi connectivity index (χ1) is 11.0. The smallest absolute Gasteiger partial charge is 0.325 e. The zero-order valence-corrected chi connectivity index (χ0v) is 13.4. The fraction of sp³-hybridized carbons (Fsp3) is 0.267. The standard InChI is InChI=1S/C15H15NO6S/c1-3-22-10-4-5-11(17)9(6-10)7-12-14(19)16(15(20)23-12)8-13(18)21-2/h4-7,17H,3,8H2,1-2H3/b12-7-. The lowest BCUT2D eigenvalue weighted by molar-refractivity contribution is -0.143. The van der Waals surface area contributed by atoms with E-state index >= 15 is 0 Å². The van der Waals surface area contributed by atoms with Gasteiger partial charge in [0.25, 0.3) is 11.1 Å². The molecule has 1 N–H and O–H groups in total. The van der Waals surface area contributed by atoms with E-state index in [4.69, 9.17) is 4.74 Å². The summed E-state index contributed by atoms with van der Waals surface area (Å²) < 4.78 is 9.79. The van der Waals surface area contributed by atoms with Crippen LogP contribution in [0.2, 0.25) is 0 Å². The second-order valence-electron chi connectivity index (χ2n) is 4.50. The minimum atomic E-state index is -0.685. The number of aromatic hydroxyl groups is 1. The van der Waals surface area contributed by atoms with E-state index in [1.54, 1.807) is 12.1 Å². The maximum atomic E-state index is 12.2. The number of phenols is 1. The van der Waals surface area contributed by atoms with E-state index in [1.165, 1.54) is 19.3 Å². The molecule has 1 aliphatic rings. The van der Waals surface area contributed by atoms with Crippen molar-refractivity contribution in [3.8, 4) is 11.5 Å². The third-order valence-corrected chi connectivity index (χ3v) is 3.89. The summed E-state index contributed by atoms with van der Waals surface area (Å²) >= 11 is 0.696. The molecule has 0 bridgehead atoms. The van der Waals surface area contributed by atoms with Crippen molar-refractivity contribution in [3.05, 3.63) is 28.7 Å². The zero-order chi connectivity index (χ0) is 17.0. The lowest BCUT2D eigenvalue weighted by atomic mass is 10.1. The number of thioether (sulfide) groups is 1. The van der Waals surface area contributed by atoms with Crippen molar-refractivity contribution >= 4 is 35.0 Å². The molecule has 1 saturated heterocycles. The van der Waals surface area contributed by atoms with Crippen LogP contribution in [0.5, 0.6) is 11.5 Å². The number of carbonyl (C=O) groups excluding carboxylic acids is 3. The summed E-state index contributed by atoms with van der Waals surface area (Å²) in [7, 11) is 1.18. The van der Waals surface area contributed by atoms with Gasteiger partial charge in [-0.3, -0.25) is 19.3 Å². The van der Waals surface area contributed by atoms with Crippen molar-refractivity contribution in [1.29, 1.82) is 0 Å². The monoisotopic (exact) mass is 337 g/mol. The van der Waals surface area contributed by atoms with Gasteiger partial charge in [0.2, 0.25) is 0 Å². The molecular formula is C15H15NO6S. The summed E-state index contributed by atoms with van der Waals surface area (Å²) in [6.07, 6.45) is 1.39. The van der Waals surface area contributed by atoms with E-state index in [9.17, 15) is 19.5 Å². The van der Waals surface area contributed by atoms with Gasteiger partial charge < -0.3 is 14.6 Å². The van der Waals surface area contributed by atoms with E-state index in [2.05, 4.69) is 4.74 Å². The van der Waals surface area contributed by atoms with Crippen LogP contribution >= 0.6 is 11.8 Å². The molecule has 1 aromatic carbocycles. The van der Waals surface area contributed by atoms with Crippen molar-refractivity contribution in [2.75, 3.05) is 20.3 Å². The van der Waals surface area contributed by atoms with Gasteiger partial charge in [0.1, 0.15) is 18.0 Å². The maximum absolute atomic E-state index is 12.2. The van der Waals surface area contributed by atoms with Gasteiger partial charge in [-0.25, -0.2) is 0 Å². The molecule has 1 aromatic rings. The second-order valence-corrected chi connectivity index (χ2v) is 5.49. The maximum Gasteiger partial charge on any atom is 0.325 e. The van der Waals surface area contributed by atoms with Crippen LogP contribution in [0.1, 0.15) is 12.5 Å². The first kappa shape index (κ1) is 16.9. The molecule has 1 fully saturated rings. The van der Waals surface area contributed by atoms with Gasteiger partial charge in [-0.05, 0) is 43.0 Å². The Balaban J connectivity index is 2.27. The molecule has 0 saturated carbocycles. The molecule has 23 heavy (non-hydrogen) atoms. The van der Waals surface area contributed by atoms with Crippen molar-refractivity contribution in [2.45, 2.75) is 6.92 Å². The molecule has 0 aliphatic carbocycles. The van der Waals surface area contributed by atoms with Gasteiger partial charge in [-0.2, -0.15) is 0 Å². The van der Waals surface area contributed by atoms with E-state index in [1.807, 2.05) is 6.92 Å². The molecule has 2 amide bonds. The van der Waals surface area contributed by atoms with Crippen LogP contribution in [0.15, 0.2) is 23.1 Å². The predicted octanol–water partition coefficient (Wildman–Crippen LogP) is 2.00. The van der Waals surface area contributed by atoms with Crippen molar-refractivity contribution in [2.24, 2.45) is 0 Å². The average molecular weight is 337 g/mol. The molecule has 122 valence electrons. The van der Waals surface area contributed by atoms with E-state index in [0.717, 1.165) is 4.90 Å². The Morgan fingerprint density at radius 2 is 2.13 bits per heavy atom. The summed E-state index contributed by atoms with van der Waals surface area (Å²) in [6, 6.07) is 4.60. The first-order valence-electron chi connectivity index (χ1n) is 6.74. The molecule has 8 heteroatoms. The topological polar surface area (TPSA) is 93.1 Å². The SMILES string of the molecule is CCOc1ccc(O)c(/C=C2\SC(=O)N(CC(=O)OC)C2=O)c1. The van der Waals surface area contributed by atoms with Crippen LogP contribution in [0.4, 0.5) is 4.79 Å². The van der Waals surface area contributed by atoms with Gasteiger partial charge in [0.05, 0.1) is 18.6 Å². The second kappa shape index (κ2) is 7.19. The van der Waals surface area contributed by atoms with Gasteiger partial charge in [-0.1, -0.05) is 0 Å². The number of nitrogens with zero attached hydrogens (tertiary/aromatic N) is 1. The normalized spacial score (nSPS) is 16.1. The molecule has 1 heterocycles. The summed E-state index contributed by atoms with van der Waals surface area (Å²) in [6.45, 7) is 1.84. The summed E-state index contributed by atoms with van der Waals surface area (Å²) in [5, 5.41) is 9.31. The van der Waals surface area contributed by atoms with Crippen molar-refractivity contribution in [1.82, 2.24) is 4.90 Å². The molecule has 7 nitrogen and oxygen atoms in total. The van der Waals surface area contributed by atoms with Gasteiger partial charge in [0, 0.05) is 5.56 Å². The third-order valence-electron chi connectivity index (χ3n) is 2.99. The van der Waals surface area contributed by atoms with Crippen LogP contribution < -0.4 is 4.74 Å². The minimum absolute atomic E-state index is 0.0479. The number of rotatable bonds is 5. The number of phenolic OH excluding ortho intramolecular Hbond substituents is 1. The Hall–Kier alpha value is -2.48. The number of amides is 2. The Kier molecular flexibility index (Phi) is 5.28. The fourth-order valence-electron chi connectivity index (χ4n) is 1.88. The highest BCUT2D eigenvalue weighted by Gasteiger charge is 2.36. The summed E-state index contributed by atoms with van der Waals surface area (Å²) in [5.74, 6) is -0.806. The first-order valence-corrected chi connectivity index (χ1v) is 7.56. The van der Waals surface area contributed by atoms with Crippen LogP contribution in [-0.4, -0.2) is 47.4 Å². The molecule has 0 unspecified atom stereocenters. The van der Waals surface area contributed by atoms with Gasteiger partial charge >= 0.3 is 5.97 Å². The predicted molar refractivity (Wildman–Crippen MR) is 84.0 cm³/mol. The number of imide groups is 1. The zero-order valence-electron chi connectivity index (χ0n) is 12.6. The quantitative estimate of drug-likeness (QED) is 0.649. The minimum Gasteiger partial charge on any atom is -0.507 e.